The first kappa shape index (κ1) is 19.9. The van der Waals surface area contributed by atoms with Gasteiger partial charge in [-0.3, -0.25) is 4.79 Å². The second-order valence-corrected chi connectivity index (χ2v) is 10.1. The zero-order chi connectivity index (χ0) is 21.6. The Morgan fingerprint density at radius 1 is 1.03 bits per heavy atom. The number of rotatable bonds is 3. The summed E-state index contributed by atoms with van der Waals surface area (Å²) in [5.74, 6) is 1.88. The van der Waals surface area contributed by atoms with E-state index in [2.05, 4.69) is 46.3 Å². The number of benzene rings is 1. The standard InChI is InChI=1S/C23H26N6OS/c1-23(2,3)15-19(30)27-10-12-28(13-11-27)22-24-17-8-5-4-7-16(17)20-25-26-21(29(20)22)18-9-6-14-31-18/h4-9,14H,10-13,15H2,1-3H3. The van der Waals surface area contributed by atoms with Crippen LogP contribution in [0.2, 0.25) is 0 Å². The van der Waals surface area contributed by atoms with Crippen molar-refractivity contribution in [3.05, 3.63) is 41.8 Å². The molecule has 1 aliphatic rings. The summed E-state index contributed by atoms with van der Waals surface area (Å²) in [5.41, 5.74) is 1.72. The van der Waals surface area contributed by atoms with Crippen LogP contribution in [0.5, 0.6) is 0 Å². The summed E-state index contributed by atoms with van der Waals surface area (Å²) in [5, 5.41) is 12.1. The molecule has 7 nitrogen and oxygen atoms in total. The highest BCUT2D eigenvalue weighted by Crippen LogP contribution is 2.31. The molecular weight excluding hydrogens is 408 g/mol. The normalized spacial score (nSPS) is 15.2. The molecule has 1 amide bonds. The number of piperazine rings is 1. The average Bonchev–Trinajstić information content (AvgIpc) is 3.42. The van der Waals surface area contributed by atoms with Gasteiger partial charge in [-0.05, 0) is 29.0 Å². The van der Waals surface area contributed by atoms with E-state index in [1.807, 2.05) is 40.6 Å². The third-order valence-corrected chi connectivity index (χ3v) is 6.43. The van der Waals surface area contributed by atoms with Gasteiger partial charge < -0.3 is 9.80 Å². The molecule has 0 atom stereocenters. The van der Waals surface area contributed by atoms with E-state index in [1.54, 1.807) is 11.3 Å². The van der Waals surface area contributed by atoms with Gasteiger partial charge in [0.25, 0.3) is 0 Å². The Labute approximate surface area is 185 Å². The predicted molar refractivity (Wildman–Crippen MR) is 124 cm³/mol. The molecule has 31 heavy (non-hydrogen) atoms. The van der Waals surface area contributed by atoms with Crippen LogP contribution in [0.15, 0.2) is 41.8 Å². The number of fused-ring (bicyclic) bond motifs is 3. The maximum absolute atomic E-state index is 12.7. The van der Waals surface area contributed by atoms with E-state index in [0.29, 0.717) is 19.5 Å². The van der Waals surface area contributed by atoms with Crippen LogP contribution in [0.1, 0.15) is 27.2 Å². The number of amides is 1. The lowest BCUT2D eigenvalue weighted by molar-refractivity contribution is -0.133. The van der Waals surface area contributed by atoms with Crippen molar-refractivity contribution in [2.75, 3.05) is 31.1 Å². The number of hydrogen-bond acceptors (Lipinski definition) is 6. The average molecular weight is 435 g/mol. The minimum atomic E-state index is -0.00162. The van der Waals surface area contributed by atoms with Crippen molar-refractivity contribution < 1.29 is 4.79 Å². The summed E-state index contributed by atoms with van der Waals surface area (Å²) < 4.78 is 2.07. The van der Waals surface area contributed by atoms with Crippen LogP contribution >= 0.6 is 11.3 Å². The van der Waals surface area contributed by atoms with Gasteiger partial charge in [0.05, 0.1) is 10.4 Å². The summed E-state index contributed by atoms with van der Waals surface area (Å²) in [7, 11) is 0. The number of anilines is 1. The van der Waals surface area contributed by atoms with E-state index >= 15 is 0 Å². The van der Waals surface area contributed by atoms with Crippen molar-refractivity contribution >= 4 is 39.7 Å². The Kier molecular flexibility index (Phi) is 4.89. The molecule has 0 aliphatic carbocycles. The minimum Gasteiger partial charge on any atom is -0.339 e. The summed E-state index contributed by atoms with van der Waals surface area (Å²) in [4.78, 5) is 23.0. The number of carbonyl (C=O) groups excluding carboxylic acids is 1. The molecule has 1 fully saturated rings. The topological polar surface area (TPSA) is 66.6 Å². The highest BCUT2D eigenvalue weighted by Gasteiger charge is 2.27. The van der Waals surface area contributed by atoms with Gasteiger partial charge in [0.2, 0.25) is 11.9 Å². The zero-order valence-electron chi connectivity index (χ0n) is 18.1. The zero-order valence-corrected chi connectivity index (χ0v) is 18.9. The smallest absolute Gasteiger partial charge is 0.223 e. The van der Waals surface area contributed by atoms with Crippen molar-refractivity contribution in [3.63, 3.8) is 0 Å². The second kappa shape index (κ2) is 7.60. The maximum atomic E-state index is 12.7. The van der Waals surface area contributed by atoms with Gasteiger partial charge in [-0.1, -0.05) is 39.0 Å². The lowest BCUT2D eigenvalue weighted by Crippen LogP contribution is -2.50. The van der Waals surface area contributed by atoms with Crippen LogP contribution in [0.3, 0.4) is 0 Å². The van der Waals surface area contributed by atoms with Crippen LogP contribution in [0, 0.1) is 5.41 Å². The van der Waals surface area contributed by atoms with Crippen molar-refractivity contribution in [2.45, 2.75) is 27.2 Å². The minimum absolute atomic E-state index is 0.00162. The molecule has 0 radical (unpaired) electrons. The van der Waals surface area contributed by atoms with Crippen LogP contribution < -0.4 is 4.90 Å². The Hall–Kier alpha value is -3.00. The summed E-state index contributed by atoms with van der Waals surface area (Å²) in [6.07, 6.45) is 0.569. The van der Waals surface area contributed by atoms with Crippen LogP contribution in [-0.2, 0) is 4.79 Å². The molecule has 1 saturated heterocycles. The second-order valence-electron chi connectivity index (χ2n) is 9.19. The molecule has 4 heterocycles. The van der Waals surface area contributed by atoms with Gasteiger partial charge in [0.1, 0.15) is 0 Å². The molecule has 0 bridgehead atoms. The molecule has 1 aliphatic heterocycles. The summed E-state index contributed by atoms with van der Waals surface area (Å²) >= 11 is 1.64. The number of nitrogens with zero attached hydrogens (tertiary/aromatic N) is 6. The van der Waals surface area contributed by atoms with Gasteiger partial charge in [-0.2, -0.15) is 0 Å². The molecule has 0 unspecified atom stereocenters. The fourth-order valence-electron chi connectivity index (χ4n) is 4.06. The molecule has 0 spiro atoms. The fraction of sp³-hybridized carbons (Fsp3) is 0.391. The molecule has 8 heteroatoms. The van der Waals surface area contributed by atoms with Gasteiger partial charge in [0.15, 0.2) is 11.5 Å². The fourth-order valence-corrected chi connectivity index (χ4v) is 4.76. The van der Waals surface area contributed by atoms with Crippen LogP contribution in [0.25, 0.3) is 27.3 Å². The number of para-hydroxylation sites is 1. The molecule has 0 saturated carbocycles. The first-order valence-electron chi connectivity index (χ1n) is 10.6. The Morgan fingerprint density at radius 2 is 1.81 bits per heavy atom. The van der Waals surface area contributed by atoms with Crippen molar-refractivity contribution in [3.8, 4) is 10.7 Å². The maximum Gasteiger partial charge on any atom is 0.223 e. The SMILES string of the molecule is CC(C)(C)CC(=O)N1CCN(c2nc3ccccc3c3nnc(-c4cccs4)n23)CC1. The molecule has 1 aromatic carbocycles. The van der Waals surface area contributed by atoms with Crippen molar-refractivity contribution in [1.29, 1.82) is 0 Å². The van der Waals surface area contributed by atoms with Gasteiger partial charge in [0, 0.05) is 38.0 Å². The third kappa shape index (κ3) is 3.76. The molecule has 160 valence electrons. The van der Waals surface area contributed by atoms with Gasteiger partial charge >= 0.3 is 0 Å². The third-order valence-electron chi connectivity index (χ3n) is 5.57. The van der Waals surface area contributed by atoms with E-state index in [1.165, 1.54) is 0 Å². The highest BCUT2D eigenvalue weighted by molar-refractivity contribution is 7.13. The summed E-state index contributed by atoms with van der Waals surface area (Å²) in [6.45, 7) is 9.18. The first-order chi connectivity index (χ1) is 14.9. The molecule has 5 rings (SSSR count). The Bertz CT molecular complexity index is 1230. The summed E-state index contributed by atoms with van der Waals surface area (Å²) in [6, 6.07) is 12.1. The lowest BCUT2D eigenvalue weighted by Gasteiger charge is -2.36. The van der Waals surface area contributed by atoms with E-state index in [0.717, 1.165) is 46.3 Å². The van der Waals surface area contributed by atoms with E-state index in [-0.39, 0.29) is 11.3 Å². The predicted octanol–water partition coefficient (Wildman–Crippen LogP) is 4.09. The van der Waals surface area contributed by atoms with Crippen LogP contribution in [-0.4, -0.2) is 56.6 Å². The molecule has 4 aromatic rings. The number of thiophene rings is 1. The molecule has 0 N–H and O–H groups in total. The number of aromatic nitrogens is 4. The highest BCUT2D eigenvalue weighted by atomic mass is 32.1. The van der Waals surface area contributed by atoms with Crippen molar-refractivity contribution in [2.24, 2.45) is 5.41 Å². The van der Waals surface area contributed by atoms with Crippen LogP contribution in [0.4, 0.5) is 5.95 Å². The first-order valence-corrected chi connectivity index (χ1v) is 11.5. The van der Waals surface area contributed by atoms with E-state index < -0.39 is 0 Å². The largest absolute Gasteiger partial charge is 0.339 e. The van der Waals surface area contributed by atoms with E-state index in [9.17, 15) is 4.79 Å². The number of hydrogen-bond donors (Lipinski definition) is 0. The monoisotopic (exact) mass is 434 g/mol. The van der Waals surface area contributed by atoms with Crippen molar-refractivity contribution in [1.82, 2.24) is 24.5 Å². The molecule has 3 aromatic heterocycles. The quantitative estimate of drug-likeness (QED) is 0.486. The lowest BCUT2D eigenvalue weighted by atomic mass is 9.91. The van der Waals surface area contributed by atoms with Gasteiger partial charge in [-0.15, -0.1) is 21.5 Å². The Morgan fingerprint density at radius 3 is 2.52 bits per heavy atom. The number of carbonyl (C=O) groups is 1. The Balaban J connectivity index is 1.52. The van der Waals surface area contributed by atoms with E-state index in [4.69, 9.17) is 4.98 Å². The molecular formula is C23H26N6OS. The van der Waals surface area contributed by atoms with Gasteiger partial charge in [-0.25, -0.2) is 9.38 Å².